The van der Waals surface area contributed by atoms with Crippen LogP contribution in [0, 0.1) is 23.3 Å². The van der Waals surface area contributed by atoms with Crippen molar-refractivity contribution in [3.05, 3.63) is 305 Å². The third-order valence-corrected chi connectivity index (χ3v) is 18.9. The van der Waals surface area contributed by atoms with Gasteiger partial charge in [-0.1, -0.05) is 48.5 Å². The minimum atomic E-state index is -3.15. The number of halogens is 4. The predicted molar refractivity (Wildman–Crippen MR) is 451 cm³/mol. The van der Waals surface area contributed by atoms with E-state index in [0.29, 0.717) is 55.8 Å². The molecule has 0 fully saturated rings. The van der Waals surface area contributed by atoms with Crippen LogP contribution in [0.15, 0.2) is 218 Å². The zero-order chi connectivity index (χ0) is 91.6. The van der Waals surface area contributed by atoms with Crippen LogP contribution in [-0.2, 0) is 89.6 Å². The first-order valence-corrected chi connectivity index (χ1v) is 42.6. The fourth-order valence-corrected chi connectivity index (χ4v) is 12.3. The molecule has 11 aromatic heterocycles. The standard InChI is InChI=1S/4C21H21FN6O2.2HO4P.2H2/c4*22-14-4-3-9-24-17(14)12-25-21(29)18-13-30-20(28-18)8-11-23-10-7-19-26-15-5-1-2-6-16(15)27-19;2*1-4-5(2)3;;/h4*1-6,9,13,23H,7-8,10-12H2,(H,25,29)(H,26,27);2*1H;2*1H/p+2. The maximum absolute atomic E-state index is 13.6. The van der Waals surface area contributed by atoms with Crippen LogP contribution in [0.4, 0.5) is 28.9 Å². The van der Waals surface area contributed by atoms with E-state index in [4.69, 9.17) is 47.1 Å². The van der Waals surface area contributed by atoms with Gasteiger partial charge in [0.25, 0.3) is 23.6 Å². The molecule has 0 aliphatic carbocycles. The van der Waals surface area contributed by atoms with E-state index in [1.807, 2.05) is 91.0 Å². The van der Waals surface area contributed by atoms with Crippen molar-refractivity contribution >= 4 is 90.4 Å². The van der Waals surface area contributed by atoms with Crippen molar-refractivity contribution in [2.75, 3.05) is 52.4 Å². The number of amides is 4. The van der Waals surface area contributed by atoms with Gasteiger partial charge in [-0.15, -0.1) is 0 Å². The number of aromatic nitrogens is 14. The summed E-state index contributed by atoms with van der Waals surface area (Å²) in [4.78, 5) is 127. The maximum Gasteiger partial charge on any atom is 0.479 e. The van der Waals surface area contributed by atoms with Crippen LogP contribution >= 0.6 is 16.5 Å². The molecule has 15 aromatic rings. The van der Waals surface area contributed by atoms with Crippen LogP contribution in [0.5, 0.6) is 0 Å². The van der Waals surface area contributed by atoms with Gasteiger partial charge in [-0.2, -0.15) is 4.99 Å². The quantitative estimate of drug-likeness (QED) is 0.00661. The number of imidazole rings is 3. The van der Waals surface area contributed by atoms with E-state index < -0.39 is 63.4 Å². The smallest absolute Gasteiger partial charge is 0.479 e. The number of hydrogen-bond donors (Lipinski definition) is 12. The summed E-state index contributed by atoms with van der Waals surface area (Å²) in [6, 6.07) is 43.1. The van der Waals surface area contributed by atoms with Crippen molar-refractivity contribution in [1.82, 2.24) is 96.4 Å². The van der Waals surface area contributed by atoms with E-state index in [2.05, 4.69) is 138 Å². The number of fused-ring (bicyclic) bond motifs is 4. The molecule has 16 N–H and O–H groups in total. The van der Waals surface area contributed by atoms with E-state index >= 15 is 0 Å². The molecule has 4 aromatic carbocycles. The molecule has 1 aliphatic heterocycles. The first-order valence-electron chi connectivity index (χ1n) is 40.4. The van der Waals surface area contributed by atoms with E-state index in [9.17, 15) is 36.7 Å². The number of nitrogens with two attached hydrogens (primary N) is 4. The molecular formula is C84H92F4N24O16P2+2. The fourth-order valence-electron chi connectivity index (χ4n) is 12.3. The highest BCUT2D eigenvalue weighted by Gasteiger charge is 2.22. The third-order valence-electron chi connectivity index (χ3n) is 18.6. The lowest BCUT2D eigenvalue weighted by Gasteiger charge is -2.03. The molecule has 12 heterocycles. The number of aromatic amines is 3. The third kappa shape index (κ3) is 31.7. The second kappa shape index (κ2) is 51.5. The minimum absolute atomic E-state index is 0. The SMILES string of the molecule is O=C(NCc1ncccc1F)c1coc(CCNCCc2nc3ccccc3[nH]2)n1.O=C(NCc1ncccc1F)c1coc(CC[NH2+]CCC2=Nc3ccccc3[NH2+]2)n1.O=C(NCc1ncccc1F)c1coc(CC[NH2+]CCc2nc3ccccc3[nH]2)n1.O=C(NCc1ncccc1F)c1coc(CC[NH2+]CCc2nc3ccccc3[nH]2)n1.O=[P+]([O-])O[O-].O=[P+]([O-])O[O-].[HH].[HH]. The van der Waals surface area contributed by atoms with Crippen LogP contribution in [-0.4, -0.2) is 152 Å². The van der Waals surface area contributed by atoms with E-state index in [-0.39, 0.29) is 74.6 Å². The maximum atomic E-state index is 13.6. The van der Waals surface area contributed by atoms with E-state index in [0.717, 1.165) is 134 Å². The molecule has 2 unspecified atom stereocenters. The number of carbonyl (C=O) groups is 4. The van der Waals surface area contributed by atoms with Crippen molar-refractivity contribution in [2.24, 2.45) is 4.99 Å². The van der Waals surface area contributed by atoms with Gasteiger partial charge in [-0.25, -0.2) is 61.8 Å². The van der Waals surface area contributed by atoms with Crippen LogP contribution in [0.25, 0.3) is 33.1 Å². The lowest BCUT2D eigenvalue weighted by molar-refractivity contribution is -0.654. The van der Waals surface area contributed by atoms with Gasteiger partial charge in [0.2, 0.25) is 5.84 Å². The van der Waals surface area contributed by atoms with Crippen molar-refractivity contribution in [3.8, 4) is 0 Å². The zero-order valence-corrected chi connectivity index (χ0v) is 71.0. The number of H-pyrrole nitrogens is 3. The Morgan fingerprint density at radius 1 is 0.392 bits per heavy atom. The number of benzene rings is 4. The Labute approximate surface area is 741 Å². The summed E-state index contributed by atoms with van der Waals surface area (Å²) in [6.45, 7) is 6.38. The minimum Gasteiger partial charge on any atom is -0.674 e. The number of oxazole rings is 4. The molecule has 40 nitrogen and oxygen atoms in total. The molecule has 680 valence electrons. The highest BCUT2D eigenvalue weighted by atomic mass is 31.1. The molecule has 130 heavy (non-hydrogen) atoms. The Kier molecular flexibility index (Phi) is 38.2. The van der Waals surface area contributed by atoms with Crippen molar-refractivity contribution < 1.29 is 117 Å². The molecule has 0 spiro atoms. The second-order valence-electron chi connectivity index (χ2n) is 27.8. The normalized spacial score (nSPS) is 11.4. The second-order valence-corrected chi connectivity index (χ2v) is 29.0. The van der Waals surface area contributed by atoms with E-state index in [1.54, 1.807) is 0 Å². The average molecular weight is 1830 g/mol. The van der Waals surface area contributed by atoms with Crippen LogP contribution in [0.2, 0.25) is 0 Å². The Balaban J connectivity index is 0.000000190. The number of quaternary nitrogens is 4. The number of carbonyl (C=O) groups excluding carboxylic acids is 4. The molecule has 16 rings (SSSR count). The molecule has 0 radical (unpaired) electrons. The Morgan fingerprint density at radius 3 is 1.02 bits per heavy atom. The number of aliphatic imine (C=N–C) groups is 1. The summed E-state index contributed by atoms with van der Waals surface area (Å²) < 4.78 is 98.3. The van der Waals surface area contributed by atoms with Gasteiger partial charge < -0.3 is 95.5 Å². The van der Waals surface area contributed by atoms with Gasteiger partial charge in [-0.3, -0.25) is 44.4 Å². The molecule has 4 amide bonds. The monoisotopic (exact) mass is 1830 g/mol. The number of rotatable bonds is 38. The lowest BCUT2D eigenvalue weighted by atomic mass is 10.3. The summed E-state index contributed by atoms with van der Waals surface area (Å²) >= 11 is 0. The van der Waals surface area contributed by atoms with Crippen LogP contribution in [0.1, 0.15) is 115 Å². The predicted octanol–water partition coefficient (Wildman–Crippen LogP) is 2.77. The number of pyridine rings is 4. The molecule has 0 saturated carbocycles. The van der Waals surface area contributed by atoms with Gasteiger partial charge in [-0.05, 0) is 100 Å². The summed E-state index contributed by atoms with van der Waals surface area (Å²) in [5.74, 6) is 2.33. The number of nitrogens with one attached hydrogen (secondary N) is 8. The fraction of sp³-hybridized carbons (Fsp3) is 0.238. The topological polar surface area (TPSA) is 594 Å². The van der Waals surface area contributed by atoms with Gasteiger partial charge >= 0.3 is 16.5 Å². The summed E-state index contributed by atoms with van der Waals surface area (Å²) in [5.41, 5.74) is 9.60. The van der Waals surface area contributed by atoms with Gasteiger partial charge in [0.1, 0.15) is 71.5 Å². The molecule has 1 aliphatic rings. The molecule has 46 heteroatoms. The van der Waals surface area contributed by atoms with Crippen molar-refractivity contribution in [2.45, 2.75) is 77.5 Å². The average Bonchev–Trinajstić information content (AvgIpc) is 1.69. The van der Waals surface area contributed by atoms with Crippen molar-refractivity contribution in [1.29, 1.82) is 0 Å². The van der Waals surface area contributed by atoms with Crippen LogP contribution < -0.4 is 68.2 Å². The summed E-state index contributed by atoms with van der Waals surface area (Å²) in [6.07, 6.45) is 16.8. The summed E-state index contributed by atoms with van der Waals surface area (Å²) in [7, 11) is -6.31. The molecule has 2 atom stereocenters. The Bertz CT molecular complexity index is 5690. The number of para-hydroxylation sites is 8. The highest BCUT2D eigenvalue weighted by molar-refractivity contribution is 7.30. The zero-order valence-electron chi connectivity index (χ0n) is 69.2. The largest absolute Gasteiger partial charge is 0.674 e. The van der Waals surface area contributed by atoms with E-state index in [1.165, 1.54) is 104 Å². The molecule has 0 saturated heterocycles. The highest BCUT2D eigenvalue weighted by Crippen LogP contribution is 2.24. The van der Waals surface area contributed by atoms with Gasteiger partial charge in [0.15, 0.2) is 52.0 Å². The Morgan fingerprint density at radius 2 is 0.692 bits per heavy atom. The number of amidine groups is 1. The number of nitrogens with zero attached hydrogens (tertiary/aromatic N) is 12. The van der Waals surface area contributed by atoms with Crippen LogP contribution in [0.3, 0.4) is 0 Å². The first-order chi connectivity index (χ1) is 63.3. The first kappa shape index (κ1) is 96.4. The molecular weight excluding hydrogens is 1740 g/mol. The lowest BCUT2D eigenvalue weighted by Crippen LogP contribution is -2.87. The van der Waals surface area contributed by atoms with Gasteiger partial charge in [0.05, 0.1) is 160 Å². The van der Waals surface area contributed by atoms with Gasteiger partial charge in [0, 0.05) is 59.6 Å². The molecule has 0 bridgehead atoms. The number of hydrogen-bond acceptors (Lipinski definition) is 29. The Hall–Kier alpha value is -14.2. The van der Waals surface area contributed by atoms with Crippen molar-refractivity contribution in [3.63, 3.8) is 0 Å². The summed E-state index contributed by atoms with van der Waals surface area (Å²) in [5, 5.41) is 39.3.